The van der Waals surface area contributed by atoms with Crippen molar-refractivity contribution in [2.24, 2.45) is 11.1 Å². The van der Waals surface area contributed by atoms with Gasteiger partial charge in [0.1, 0.15) is 5.82 Å². The first kappa shape index (κ1) is 26.7. The number of nitriles is 1. The van der Waals surface area contributed by atoms with Gasteiger partial charge >= 0.3 is 12.4 Å². The van der Waals surface area contributed by atoms with Crippen LogP contribution in [0.15, 0.2) is 35.5 Å². The molecular formula is C24H17ClF7N3O2. The molecule has 1 atom stereocenters. The summed E-state index contributed by atoms with van der Waals surface area (Å²) in [5, 5.41) is 13.9. The number of hydrogen-bond donors (Lipinski definition) is 1. The van der Waals surface area contributed by atoms with Crippen molar-refractivity contribution in [3.8, 4) is 6.07 Å². The van der Waals surface area contributed by atoms with Crippen molar-refractivity contribution in [1.82, 2.24) is 5.32 Å². The summed E-state index contributed by atoms with van der Waals surface area (Å²) in [5.41, 5.74) is -6.16. The largest absolute Gasteiger partial charge is 0.435 e. The van der Waals surface area contributed by atoms with E-state index >= 15 is 0 Å². The van der Waals surface area contributed by atoms with Gasteiger partial charge in [-0.2, -0.15) is 31.6 Å². The third-order valence-electron chi connectivity index (χ3n) is 6.44. The second-order valence-electron chi connectivity index (χ2n) is 8.95. The minimum absolute atomic E-state index is 0.0170. The first-order chi connectivity index (χ1) is 17.2. The summed E-state index contributed by atoms with van der Waals surface area (Å²) < 4.78 is 97.1. The first-order valence-electron chi connectivity index (χ1n) is 10.9. The van der Waals surface area contributed by atoms with Gasteiger partial charge in [-0.25, -0.2) is 4.39 Å². The van der Waals surface area contributed by atoms with Crippen LogP contribution in [0, 0.1) is 30.0 Å². The molecule has 1 N–H and O–H groups in total. The molecule has 4 rings (SSSR count). The highest BCUT2D eigenvalue weighted by Gasteiger charge is 2.64. The highest BCUT2D eigenvalue weighted by Crippen LogP contribution is 2.51. The molecule has 1 heterocycles. The van der Waals surface area contributed by atoms with Gasteiger partial charge in [0.2, 0.25) is 0 Å². The lowest BCUT2D eigenvalue weighted by atomic mass is 9.81. The standard InChI is InChI=1S/C24H17ClF7N3O2/c1-11-4-13(2-3-16(11)21(36)34-15-5-12(6-15)10-33)19-9-22(37-35-19,24(30,31)32)17-7-14(23(27,28)29)8-18(25)20(17)26/h2-4,7-8,12,15H,5-6,9H2,1H3,(H,34,36)/t12-,15+,22-/m1/s1. The second-order valence-corrected chi connectivity index (χ2v) is 9.35. The molecule has 13 heteroatoms. The number of hydrogen-bond acceptors (Lipinski definition) is 4. The van der Waals surface area contributed by atoms with Crippen molar-refractivity contribution < 1.29 is 40.4 Å². The van der Waals surface area contributed by atoms with Crippen LogP contribution >= 0.6 is 11.6 Å². The normalized spacial score (nSPS) is 23.5. The number of aryl methyl sites for hydroxylation is 1. The summed E-state index contributed by atoms with van der Waals surface area (Å²) in [4.78, 5) is 17.2. The SMILES string of the molecule is Cc1cc(C2=NO[C@](c3cc(C(F)(F)F)cc(Cl)c3F)(C(F)(F)F)C2)ccc1C(=O)N[C@H]1C[C@@H](C#N)C1. The Kier molecular flexibility index (Phi) is 6.65. The van der Waals surface area contributed by atoms with Gasteiger partial charge in [-0.3, -0.25) is 4.79 Å². The molecule has 1 fully saturated rings. The van der Waals surface area contributed by atoms with E-state index in [1.807, 2.05) is 0 Å². The van der Waals surface area contributed by atoms with Gasteiger partial charge in [0.05, 0.1) is 34.7 Å². The smallest absolute Gasteiger partial charge is 0.374 e. The topological polar surface area (TPSA) is 74.5 Å². The van der Waals surface area contributed by atoms with E-state index < -0.39 is 52.2 Å². The summed E-state index contributed by atoms with van der Waals surface area (Å²) in [6.07, 6.45) is -10.6. The average molecular weight is 548 g/mol. The van der Waals surface area contributed by atoms with Gasteiger partial charge in [0.15, 0.2) is 0 Å². The third kappa shape index (κ3) is 4.84. The number of nitrogens with zero attached hydrogens (tertiary/aromatic N) is 2. The zero-order valence-electron chi connectivity index (χ0n) is 18.9. The van der Waals surface area contributed by atoms with Gasteiger partial charge in [0, 0.05) is 17.2 Å². The Morgan fingerprint density at radius 1 is 1.19 bits per heavy atom. The molecule has 1 saturated carbocycles. The van der Waals surface area contributed by atoms with Crippen LogP contribution in [0.5, 0.6) is 0 Å². The van der Waals surface area contributed by atoms with Crippen LogP contribution in [-0.2, 0) is 16.6 Å². The fourth-order valence-corrected chi connectivity index (χ4v) is 4.51. The molecule has 0 spiro atoms. The van der Waals surface area contributed by atoms with Crippen molar-refractivity contribution in [2.75, 3.05) is 0 Å². The number of amides is 1. The molecule has 0 radical (unpaired) electrons. The van der Waals surface area contributed by atoms with Crippen molar-refractivity contribution >= 4 is 23.2 Å². The highest BCUT2D eigenvalue weighted by molar-refractivity contribution is 6.30. The van der Waals surface area contributed by atoms with E-state index in [9.17, 15) is 35.5 Å². The molecule has 0 unspecified atom stereocenters. The molecule has 0 bridgehead atoms. The van der Waals surface area contributed by atoms with Crippen molar-refractivity contribution in [1.29, 1.82) is 5.26 Å². The lowest BCUT2D eigenvalue weighted by Crippen LogP contribution is -2.44. The Bertz CT molecular complexity index is 1330. The van der Waals surface area contributed by atoms with Crippen molar-refractivity contribution in [3.05, 3.63) is 69.0 Å². The number of carbonyl (C=O) groups is 1. The fourth-order valence-electron chi connectivity index (χ4n) is 4.29. The first-order valence-corrected chi connectivity index (χ1v) is 11.2. The Labute approximate surface area is 210 Å². The summed E-state index contributed by atoms with van der Waals surface area (Å²) in [6, 6.07) is 6.19. The Morgan fingerprint density at radius 2 is 1.86 bits per heavy atom. The lowest BCUT2D eigenvalue weighted by Gasteiger charge is -2.31. The Balaban J connectivity index is 1.63. The van der Waals surface area contributed by atoms with E-state index in [2.05, 4.69) is 21.4 Å². The lowest BCUT2D eigenvalue weighted by molar-refractivity contribution is -0.276. The van der Waals surface area contributed by atoms with Gasteiger partial charge < -0.3 is 10.2 Å². The maximum atomic E-state index is 14.7. The average Bonchev–Trinajstić information content (AvgIpc) is 3.23. The van der Waals surface area contributed by atoms with E-state index in [0.717, 1.165) is 0 Å². The molecule has 1 aliphatic carbocycles. The van der Waals surface area contributed by atoms with Gasteiger partial charge in [-0.05, 0) is 55.2 Å². The minimum atomic E-state index is -5.37. The van der Waals surface area contributed by atoms with Gasteiger partial charge in [-0.1, -0.05) is 22.8 Å². The predicted octanol–water partition coefficient (Wildman–Crippen LogP) is 6.42. The minimum Gasteiger partial charge on any atom is -0.374 e. The molecule has 2 aliphatic rings. The number of carbonyl (C=O) groups excluding carboxylic acids is 1. The quantitative estimate of drug-likeness (QED) is 0.449. The third-order valence-corrected chi connectivity index (χ3v) is 6.71. The van der Waals surface area contributed by atoms with Crippen LogP contribution in [0.2, 0.25) is 5.02 Å². The van der Waals surface area contributed by atoms with Crippen LogP contribution in [0.25, 0.3) is 0 Å². The molecule has 37 heavy (non-hydrogen) atoms. The molecular weight excluding hydrogens is 531 g/mol. The monoisotopic (exact) mass is 547 g/mol. The van der Waals surface area contributed by atoms with Gasteiger partial charge in [0.25, 0.3) is 11.5 Å². The zero-order valence-corrected chi connectivity index (χ0v) is 19.7. The highest BCUT2D eigenvalue weighted by atomic mass is 35.5. The van der Waals surface area contributed by atoms with Crippen LogP contribution in [0.3, 0.4) is 0 Å². The van der Waals surface area contributed by atoms with Gasteiger partial charge in [-0.15, -0.1) is 0 Å². The maximum absolute atomic E-state index is 14.7. The molecule has 5 nitrogen and oxygen atoms in total. The van der Waals surface area contributed by atoms with E-state index in [-0.39, 0.29) is 40.9 Å². The molecule has 2 aromatic rings. The van der Waals surface area contributed by atoms with E-state index in [4.69, 9.17) is 16.9 Å². The Morgan fingerprint density at radius 3 is 2.43 bits per heavy atom. The summed E-state index contributed by atoms with van der Waals surface area (Å²) in [5.74, 6) is -2.26. The number of alkyl halides is 6. The molecule has 196 valence electrons. The van der Waals surface area contributed by atoms with Crippen molar-refractivity contribution in [2.45, 2.75) is 50.2 Å². The number of halogens is 8. The van der Waals surface area contributed by atoms with Crippen LogP contribution in [0.1, 0.15) is 51.9 Å². The molecule has 0 saturated heterocycles. The maximum Gasteiger partial charge on any atom is 0.435 e. The Hall–Kier alpha value is -3.33. The summed E-state index contributed by atoms with van der Waals surface area (Å²) >= 11 is 5.51. The number of rotatable bonds is 4. The summed E-state index contributed by atoms with van der Waals surface area (Å²) in [6.45, 7) is 1.54. The van der Waals surface area contributed by atoms with E-state index in [1.54, 1.807) is 0 Å². The summed E-state index contributed by atoms with van der Waals surface area (Å²) in [7, 11) is 0. The molecule has 1 aliphatic heterocycles. The zero-order chi connectivity index (χ0) is 27.3. The van der Waals surface area contributed by atoms with Crippen LogP contribution in [0.4, 0.5) is 30.7 Å². The van der Waals surface area contributed by atoms with E-state index in [1.165, 1.54) is 25.1 Å². The molecule has 1 amide bonds. The van der Waals surface area contributed by atoms with Crippen molar-refractivity contribution in [3.63, 3.8) is 0 Å². The molecule has 2 aromatic carbocycles. The number of benzene rings is 2. The number of nitrogens with one attached hydrogen (secondary N) is 1. The van der Waals surface area contributed by atoms with Crippen LogP contribution < -0.4 is 5.32 Å². The number of oxime groups is 1. The van der Waals surface area contributed by atoms with Crippen LogP contribution in [-0.4, -0.2) is 23.8 Å². The van der Waals surface area contributed by atoms with E-state index in [0.29, 0.717) is 18.4 Å². The fraction of sp³-hybridized carbons (Fsp3) is 0.375. The molecule has 0 aromatic heterocycles. The predicted molar refractivity (Wildman–Crippen MR) is 117 cm³/mol. The second kappa shape index (κ2) is 9.20.